The molecule has 186 valence electrons. The molecule has 2 amide bonds. The van der Waals surface area contributed by atoms with Crippen LogP contribution in [-0.2, 0) is 11.3 Å². The Morgan fingerprint density at radius 1 is 1.00 bits per heavy atom. The third kappa shape index (κ3) is 5.90. The van der Waals surface area contributed by atoms with Gasteiger partial charge in [-0.25, -0.2) is 4.79 Å². The first kappa shape index (κ1) is 24.9. The van der Waals surface area contributed by atoms with Gasteiger partial charge in [0.15, 0.2) is 0 Å². The fourth-order valence-electron chi connectivity index (χ4n) is 4.41. The number of aryl methyl sites for hydroxylation is 1. The third-order valence-corrected chi connectivity index (χ3v) is 6.29. The van der Waals surface area contributed by atoms with E-state index in [9.17, 15) is 9.59 Å². The van der Waals surface area contributed by atoms with Gasteiger partial charge in [-0.2, -0.15) is 0 Å². The number of halogens is 1. The fourth-order valence-corrected chi connectivity index (χ4v) is 4.59. The molecule has 1 aromatic heterocycles. The van der Waals surface area contributed by atoms with Crippen LogP contribution in [0.3, 0.4) is 0 Å². The van der Waals surface area contributed by atoms with Crippen LogP contribution in [0.1, 0.15) is 44.6 Å². The van der Waals surface area contributed by atoms with Crippen molar-refractivity contribution in [2.24, 2.45) is 0 Å². The minimum absolute atomic E-state index is 0.158. The second kappa shape index (κ2) is 10.2. The summed E-state index contributed by atoms with van der Waals surface area (Å²) in [4.78, 5) is 29.5. The molecule has 0 aliphatic carbocycles. The number of carbonyl (C=O) groups is 2. The monoisotopic (exact) mass is 496 g/mol. The number of ether oxygens (including phenoxy) is 1. The number of amides is 2. The standard InChI is InChI=1S/C27H33ClN4O3/c1-5-32-23-12-7-20(28)17-19(23)18-24(32)25(33)29-21-8-10-22(11-9-21)30-13-6-14-31(16-15-30)26(34)35-27(2,3)4/h7-12,17-18H,5-6,13-16H2,1-4H3,(H,29,33). The number of nitrogens with zero attached hydrogens (tertiary/aromatic N) is 3. The van der Waals surface area contributed by atoms with E-state index >= 15 is 0 Å². The van der Waals surface area contributed by atoms with Crippen molar-refractivity contribution in [3.8, 4) is 0 Å². The van der Waals surface area contributed by atoms with Gasteiger partial charge in [-0.05, 0) is 82.6 Å². The first-order valence-electron chi connectivity index (χ1n) is 12.1. The molecule has 3 aromatic rings. The molecular formula is C27H33ClN4O3. The lowest BCUT2D eigenvalue weighted by Crippen LogP contribution is -2.39. The lowest BCUT2D eigenvalue weighted by atomic mass is 10.2. The maximum absolute atomic E-state index is 13.1. The van der Waals surface area contributed by atoms with Crippen LogP contribution in [0.2, 0.25) is 5.02 Å². The molecule has 0 bridgehead atoms. The summed E-state index contributed by atoms with van der Waals surface area (Å²) in [5.41, 5.74) is 2.88. The Bertz CT molecular complexity index is 1210. The van der Waals surface area contributed by atoms with E-state index in [2.05, 4.69) is 10.2 Å². The summed E-state index contributed by atoms with van der Waals surface area (Å²) in [5, 5.41) is 4.61. The minimum atomic E-state index is -0.498. The Morgan fingerprint density at radius 2 is 1.74 bits per heavy atom. The quantitative estimate of drug-likeness (QED) is 0.480. The minimum Gasteiger partial charge on any atom is -0.444 e. The van der Waals surface area contributed by atoms with Crippen molar-refractivity contribution >= 4 is 45.9 Å². The predicted molar refractivity (Wildman–Crippen MR) is 142 cm³/mol. The van der Waals surface area contributed by atoms with Crippen LogP contribution in [0.25, 0.3) is 10.9 Å². The molecule has 7 nitrogen and oxygen atoms in total. The van der Waals surface area contributed by atoms with Crippen molar-refractivity contribution in [2.75, 3.05) is 36.4 Å². The molecule has 1 N–H and O–H groups in total. The average Bonchev–Trinajstić information content (AvgIpc) is 2.98. The Labute approximate surface area is 211 Å². The third-order valence-electron chi connectivity index (χ3n) is 6.05. The van der Waals surface area contributed by atoms with E-state index in [-0.39, 0.29) is 12.0 Å². The van der Waals surface area contributed by atoms with Gasteiger partial charge >= 0.3 is 6.09 Å². The summed E-state index contributed by atoms with van der Waals surface area (Å²) in [7, 11) is 0. The second-order valence-electron chi connectivity index (χ2n) is 9.79. The summed E-state index contributed by atoms with van der Waals surface area (Å²) < 4.78 is 7.51. The number of fused-ring (bicyclic) bond motifs is 1. The summed E-state index contributed by atoms with van der Waals surface area (Å²) in [6, 6.07) is 15.4. The molecule has 0 atom stereocenters. The number of carbonyl (C=O) groups excluding carboxylic acids is 2. The molecule has 1 saturated heterocycles. The Balaban J connectivity index is 1.41. The highest BCUT2D eigenvalue weighted by Crippen LogP contribution is 2.25. The molecule has 0 saturated carbocycles. The number of hydrogen-bond acceptors (Lipinski definition) is 4. The molecule has 35 heavy (non-hydrogen) atoms. The highest BCUT2D eigenvalue weighted by molar-refractivity contribution is 6.31. The second-order valence-corrected chi connectivity index (χ2v) is 10.2. The molecule has 2 aromatic carbocycles. The number of benzene rings is 2. The van der Waals surface area contributed by atoms with Gasteiger partial charge in [-0.3, -0.25) is 4.79 Å². The van der Waals surface area contributed by atoms with E-state index in [0.29, 0.717) is 30.4 Å². The Hall–Kier alpha value is -3.19. The Kier molecular flexibility index (Phi) is 7.26. The SMILES string of the molecule is CCn1c(C(=O)Nc2ccc(N3CCCN(C(=O)OC(C)(C)C)CC3)cc2)cc2cc(Cl)ccc21. The zero-order chi connectivity index (χ0) is 25.2. The van der Waals surface area contributed by atoms with E-state index in [4.69, 9.17) is 16.3 Å². The molecule has 1 aliphatic heterocycles. The van der Waals surface area contributed by atoms with Crippen LogP contribution < -0.4 is 10.2 Å². The summed E-state index contributed by atoms with van der Waals surface area (Å²) >= 11 is 6.13. The van der Waals surface area contributed by atoms with Gasteiger partial charge < -0.3 is 24.4 Å². The smallest absolute Gasteiger partial charge is 0.410 e. The summed E-state index contributed by atoms with van der Waals surface area (Å²) in [5.74, 6) is -0.158. The Morgan fingerprint density at radius 3 is 2.43 bits per heavy atom. The van der Waals surface area contributed by atoms with Gasteiger partial charge in [0.25, 0.3) is 5.91 Å². The topological polar surface area (TPSA) is 66.8 Å². The van der Waals surface area contributed by atoms with Gasteiger partial charge in [0, 0.05) is 60.0 Å². The molecular weight excluding hydrogens is 464 g/mol. The highest BCUT2D eigenvalue weighted by Gasteiger charge is 2.24. The van der Waals surface area contributed by atoms with Crippen molar-refractivity contribution in [3.63, 3.8) is 0 Å². The lowest BCUT2D eigenvalue weighted by molar-refractivity contribution is 0.0263. The van der Waals surface area contributed by atoms with E-state index in [1.54, 1.807) is 4.90 Å². The molecule has 1 fully saturated rings. The van der Waals surface area contributed by atoms with Gasteiger partial charge in [-0.1, -0.05) is 11.6 Å². The number of aromatic nitrogens is 1. The van der Waals surface area contributed by atoms with Crippen LogP contribution in [0, 0.1) is 0 Å². The van der Waals surface area contributed by atoms with E-state index in [0.717, 1.165) is 41.8 Å². The van der Waals surface area contributed by atoms with Crippen LogP contribution in [0.15, 0.2) is 48.5 Å². The summed E-state index contributed by atoms with van der Waals surface area (Å²) in [6.45, 7) is 11.2. The zero-order valence-corrected chi connectivity index (χ0v) is 21.6. The van der Waals surface area contributed by atoms with Gasteiger partial charge in [0.05, 0.1) is 0 Å². The van der Waals surface area contributed by atoms with Crippen LogP contribution in [-0.4, -0.2) is 53.2 Å². The molecule has 1 aliphatic rings. The van der Waals surface area contributed by atoms with Crippen molar-refractivity contribution in [1.82, 2.24) is 9.47 Å². The van der Waals surface area contributed by atoms with Crippen molar-refractivity contribution in [2.45, 2.75) is 46.3 Å². The largest absolute Gasteiger partial charge is 0.444 e. The molecule has 2 heterocycles. The normalized spacial score (nSPS) is 14.7. The highest BCUT2D eigenvalue weighted by atomic mass is 35.5. The number of rotatable bonds is 4. The molecule has 8 heteroatoms. The van der Waals surface area contributed by atoms with Crippen LogP contribution >= 0.6 is 11.6 Å². The van der Waals surface area contributed by atoms with Crippen LogP contribution in [0.4, 0.5) is 16.2 Å². The van der Waals surface area contributed by atoms with E-state index in [1.807, 2.05) is 80.8 Å². The summed E-state index contributed by atoms with van der Waals surface area (Å²) in [6.07, 6.45) is 0.604. The zero-order valence-electron chi connectivity index (χ0n) is 20.8. The van der Waals surface area contributed by atoms with Gasteiger partial charge in [0.1, 0.15) is 11.3 Å². The van der Waals surface area contributed by atoms with Crippen molar-refractivity contribution in [3.05, 3.63) is 59.2 Å². The van der Waals surface area contributed by atoms with Crippen molar-refractivity contribution in [1.29, 1.82) is 0 Å². The van der Waals surface area contributed by atoms with Gasteiger partial charge in [0.2, 0.25) is 0 Å². The molecule has 0 spiro atoms. The van der Waals surface area contributed by atoms with Gasteiger partial charge in [-0.15, -0.1) is 0 Å². The maximum atomic E-state index is 13.1. The van der Waals surface area contributed by atoms with Crippen molar-refractivity contribution < 1.29 is 14.3 Å². The molecule has 0 radical (unpaired) electrons. The fraction of sp³-hybridized carbons (Fsp3) is 0.407. The van der Waals surface area contributed by atoms with E-state index < -0.39 is 5.60 Å². The maximum Gasteiger partial charge on any atom is 0.410 e. The average molecular weight is 497 g/mol. The van der Waals surface area contributed by atoms with E-state index in [1.165, 1.54) is 0 Å². The first-order chi connectivity index (χ1) is 16.6. The molecule has 4 rings (SSSR count). The molecule has 0 unspecified atom stereocenters. The number of anilines is 2. The van der Waals surface area contributed by atoms with Crippen LogP contribution in [0.5, 0.6) is 0 Å². The predicted octanol–water partition coefficient (Wildman–Crippen LogP) is 6.01. The lowest BCUT2D eigenvalue weighted by Gasteiger charge is -2.27. The number of nitrogens with one attached hydrogen (secondary N) is 1. The first-order valence-corrected chi connectivity index (χ1v) is 12.5. The number of hydrogen-bond donors (Lipinski definition) is 1.